The summed E-state index contributed by atoms with van der Waals surface area (Å²) in [5.74, 6) is 0.432. The Bertz CT molecular complexity index is 871. The minimum atomic E-state index is -0.206. The SMILES string of the molecule is COc1cc(-c2c[nH]c(=O)c(NC3CN(C(=O)C=CCN)C3)c2)ccn1. The molecule has 2 aromatic rings. The fourth-order valence-corrected chi connectivity index (χ4v) is 2.70. The van der Waals surface area contributed by atoms with Crippen molar-refractivity contribution in [2.45, 2.75) is 6.04 Å². The highest BCUT2D eigenvalue weighted by Gasteiger charge is 2.29. The maximum atomic E-state index is 12.1. The Labute approximate surface area is 150 Å². The Morgan fingerprint density at radius 3 is 3.00 bits per heavy atom. The third kappa shape index (κ3) is 3.92. The number of nitrogens with zero attached hydrogens (tertiary/aromatic N) is 2. The molecule has 0 saturated carbocycles. The molecule has 0 aliphatic carbocycles. The summed E-state index contributed by atoms with van der Waals surface area (Å²) in [6, 6.07) is 5.46. The Kier molecular flexibility index (Phi) is 5.33. The van der Waals surface area contributed by atoms with Crippen LogP contribution < -0.4 is 21.3 Å². The molecule has 0 spiro atoms. The average molecular weight is 355 g/mol. The van der Waals surface area contributed by atoms with Crippen molar-refractivity contribution < 1.29 is 9.53 Å². The molecule has 1 aliphatic heterocycles. The monoisotopic (exact) mass is 355 g/mol. The Balaban J connectivity index is 1.69. The first-order valence-electron chi connectivity index (χ1n) is 8.26. The van der Waals surface area contributed by atoms with Gasteiger partial charge in [-0.15, -0.1) is 0 Å². The van der Waals surface area contributed by atoms with Crippen molar-refractivity contribution in [2.24, 2.45) is 5.73 Å². The molecule has 0 unspecified atom stereocenters. The molecule has 0 aromatic carbocycles. The van der Waals surface area contributed by atoms with Crippen LogP contribution in [0.1, 0.15) is 0 Å². The van der Waals surface area contributed by atoms with Gasteiger partial charge in [-0.25, -0.2) is 4.98 Å². The molecule has 0 atom stereocenters. The van der Waals surface area contributed by atoms with Gasteiger partial charge in [-0.3, -0.25) is 9.59 Å². The van der Waals surface area contributed by atoms with Gasteiger partial charge in [0.1, 0.15) is 5.69 Å². The van der Waals surface area contributed by atoms with Gasteiger partial charge >= 0.3 is 0 Å². The highest BCUT2D eigenvalue weighted by molar-refractivity contribution is 5.88. The first kappa shape index (κ1) is 17.7. The van der Waals surface area contributed by atoms with Gasteiger partial charge in [-0.2, -0.15) is 0 Å². The van der Waals surface area contributed by atoms with E-state index in [0.29, 0.717) is 31.2 Å². The number of likely N-dealkylation sites (tertiary alicyclic amines) is 1. The molecule has 4 N–H and O–H groups in total. The third-order valence-corrected chi connectivity index (χ3v) is 4.13. The zero-order valence-corrected chi connectivity index (χ0v) is 14.4. The number of carbonyl (C=O) groups excluding carboxylic acids is 1. The fraction of sp³-hybridized carbons (Fsp3) is 0.278. The third-order valence-electron chi connectivity index (χ3n) is 4.13. The lowest BCUT2D eigenvalue weighted by molar-refractivity contribution is -0.129. The van der Waals surface area contributed by atoms with Gasteiger partial charge in [0.25, 0.3) is 5.56 Å². The van der Waals surface area contributed by atoms with Crippen LogP contribution in [0.15, 0.2) is 47.5 Å². The van der Waals surface area contributed by atoms with Crippen LogP contribution in [0.3, 0.4) is 0 Å². The Morgan fingerprint density at radius 1 is 1.46 bits per heavy atom. The summed E-state index contributed by atoms with van der Waals surface area (Å²) in [5, 5.41) is 3.19. The molecule has 8 nitrogen and oxygen atoms in total. The number of nitrogens with two attached hydrogens (primary N) is 1. The molecular weight excluding hydrogens is 334 g/mol. The molecule has 1 saturated heterocycles. The second kappa shape index (κ2) is 7.83. The molecule has 8 heteroatoms. The number of aromatic nitrogens is 2. The summed E-state index contributed by atoms with van der Waals surface area (Å²) in [6.07, 6.45) is 6.40. The summed E-state index contributed by atoms with van der Waals surface area (Å²) < 4.78 is 5.13. The molecule has 1 amide bonds. The van der Waals surface area contributed by atoms with E-state index in [-0.39, 0.29) is 17.5 Å². The summed E-state index contributed by atoms with van der Waals surface area (Å²) in [5.41, 5.74) is 7.32. The van der Waals surface area contributed by atoms with E-state index in [4.69, 9.17) is 10.5 Å². The van der Waals surface area contributed by atoms with Crippen molar-refractivity contribution in [2.75, 3.05) is 32.1 Å². The molecule has 1 fully saturated rings. The van der Waals surface area contributed by atoms with Crippen molar-refractivity contribution >= 4 is 11.6 Å². The average Bonchev–Trinajstić information content (AvgIpc) is 2.63. The van der Waals surface area contributed by atoms with Crippen LogP contribution in [-0.2, 0) is 4.79 Å². The predicted molar refractivity (Wildman–Crippen MR) is 99.0 cm³/mol. The molecule has 136 valence electrons. The van der Waals surface area contributed by atoms with Gasteiger partial charge in [-0.1, -0.05) is 6.08 Å². The molecule has 0 bridgehead atoms. The largest absolute Gasteiger partial charge is 0.481 e. The number of amides is 1. The number of anilines is 1. The van der Waals surface area contributed by atoms with Gasteiger partial charge in [0.2, 0.25) is 11.8 Å². The molecule has 1 aliphatic rings. The molecule has 26 heavy (non-hydrogen) atoms. The van der Waals surface area contributed by atoms with E-state index < -0.39 is 0 Å². The maximum Gasteiger partial charge on any atom is 0.271 e. The first-order chi connectivity index (χ1) is 12.6. The number of pyridine rings is 2. The van der Waals surface area contributed by atoms with Crippen molar-refractivity contribution in [3.63, 3.8) is 0 Å². The molecule has 3 rings (SSSR count). The van der Waals surface area contributed by atoms with Crippen LogP contribution >= 0.6 is 0 Å². The number of hydrogen-bond donors (Lipinski definition) is 3. The number of aromatic amines is 1. The van der Waals surface area contributed by atoms with Gasteiger partial charge in [0, 0.05) is 49.7 Å². The van der Waals surface area contributed by atoms with E-state index in [1.54, 1.807) is 42.6 Å². The van der Waals surface area contributed by atoms with Crippen LogP contribution in [-0.4, -0.2) is 53.6 Å². The van der Waals surface area contributed by atoms with E-state index in [2.05, 4.69) is 15.3 Å². The lowest BCUT2D eigenvalue weighted by Crippen LogP contribution is -2.57. The maximum absolute atomic E-state index is 12.1. The van der Waals surface area contributed by atoms with Crippen LogP contribution in [0.4, 0.5) is 5.69 Å². The van der Waals surface area contributed by atoms with Crippen LogP contribution in [0, 0.1) is 0 Å². The smallest absolute Gasteiger partial charge is 0.271 e. The van der Waals surface area contributed by atoms with Gasteiger partial charge < -0.3 is 25.7 Å². The van der Waals surface area contributed by atoms with Crippen molar-refractivity contribution in [1.82, 2.24) is 14.9 Å². The molecule has 0 radical (unpaired) electrons. The lowest BCUT2D eigenvalue weighted by Gasteiger charge is -2.39. The number of ether oxygens (including phenoxy) is 1. The van der Waals surface area contributed by atoms with Gasteiger partial charge in [0.05, 0.1) is 13.2 Å². The minimum Gasteiger partial charge on any atom is -0.481 e. The fourth-order valence-electron chi connectivity index (χ4n) is 2.70. The molecular formula is C18H21N5O3. The van der Waals surface area contributed by atoms with Crippen LogP contribution in [0.5, 0.6) is 5.88 Å². The zero-order chi connectivity index (χ0) is 18.5. The number of nitrogens with one attached hydrogen (secondary N) is 2. The number of hydrogen-bond acceptors (Lipinski definition) is 6. The molecule has 3 heterocycles. The zero-order valence-electron chi connectivity index (χ0n) is 14.4. The number of rotatable bonds is 6. The van der Waals surface area contributed by atoms with Crippen molar-refractivity contribution in [1.29, 1.82) is 0 Å². The second-order valence-electron chi connectivity index (χ2n) is 5.94. The van der Waals surface area contributed by atoms with E-state index >= 15 is 0 Å². The highest BCUT2D eigenvalue weighted by Crippen LogP contribution is 2.23. The van der Waals surface area contributed by atoms with Crippen molar-refractivity contribution in [3.8, 4) is 17.0 Å². The number of H-pyrrole nitrogens is 1. The normalized spacial score (nSPS) is 14.3. The lowest BCUT2D eigenvalue weighted by atomic mass is 10.1. The summed E-state index contributed by atoms with van der Waals surface area (Å²) in [4.78, 5) is 32.4. The summed E-state index contributed by atoms with van der Waals surface area (Å²) in [6.45, 7) is 1.42. The van der Waals surface area contributed by atoms with Crippen LogP contribution in [0.2, 0.25) is 0 Å². The molecule has 2 aromatic heterocycles. The van der Waals surface area contributed by atoms with Gasteiger partial charge in [0.15, 0.2) is 0 Å². The first-order valence-corrected chi connectivity index (χ1v) is 8.26. The topological polar surface area (TPSA) is 113 Å². The summed E-state index contributed by atoms with van der Waals surface area (Å²) in [7, 11) is 1.55. The van der Waals surface area contributed by atoms with E-state index in [0.717, 1.165) is 11.1 Å². The van der Waals surface area contributed by atoms with E-state index in [9.17, 15) is 9.59 Å². The number of carbonyl (C=O) groups is 1. The standard InChI is InChI=1S/C18H21N5O3/c1-26-16-8-12(4-6-20-16)13-7-15(18(25)21-9-13)22-14-10-23(11-14)17(24)3-2-5-19/h2-4,6-9,14,22H,5,10-11,19H2,1H3,(H,21,25). The predicted octanol–water partition coefficient (Wildman–Crippen LogP) is 0.583. The van der Waals surface area contributed by atoms with E-state index in [1.165, 1.54) is 6.08 Å². The van der Waals surface area contributed by atoms with Crippen LogP contribution in [0.25, 0.3) is 11.1 Å². The second-order valence-corrected chi connectivity index (χ2v) is 5.94. The highest BCUT2D eigenvalue weighted by atomic mass is 16.5. The van der Waals surface area contributed by atoms with Crippen molar-refractivity contribution in [3.05, 3.63) is 53.1 Å². The number of methoxy groups -OCH3 is 1. The van der Waals surface area contributed by atoms with Gasteiger partial charge in [-0.05, 0) is 17.7 Å². The quantitative estimate of drug-likeness (QED) is 0.654. The minimum absolute atomic E-state index is 0.0357. The Morgan fingerprint density at radius 2 is 2.27 bits per heavy atom. The summed E-state index contributed by atoms with van der Waals surface area (Å²) >= 11 is 0. The Hall–Kier alpha value is -3.13. The van der Waals surface area contributed by atoms with E-state index in [1.807, 2.05) is 6.07 Å².